The second-order valence-corrected chi connectivity index (χ2v) is 2.87. The summed E-state index contributed by atoms with van der Waals surface area (Å²) < 4.78 is 0. The van der Waals surface area contributed by atoms with E-state index in [9.17, 15) is 0 Å². The first-order valence-electron chi connectivity index (χ1n) is 4.93. The van der Waals surface area contributed by atoms with E-state index in [-0.39, 0.29) is 0 Å². The molecule has 0 heterocycles. The monoisotopic (exact) mass is 215 g/mol. The smallest absolute Gasteiger partial charge is 0.0791 e. The molecule has 2 heteroatoms. The number of aliphatic imine (C=N–C) groups is 1. The van der Waals surface area contributed by atoms with Crippen molar-refractivity contribution in [2.24, 2.45) is 4.99 Å². The van der Waals surface area contributed by atoms with E-state index >= 15 is 0 Å². The van der Waals surface area contributed by atoms with Crippen LogP contribution in [0.3, 0.4) is 0 Å². The van der Waals surface area contributed by atoms with Crippen molar-refractivity contribution in [1.82, 2.24) is 0 Å². The van der Waals surface area contributed by atoms with Gasteiger partial charge in [0.25, 0.3) is 0 Å². The van der Waals surface area contributed by atoms with Gasteiger partial charge in [0, 0.05) is 12.4 Å². The van der Waals surface area contributed by atoms with E-state index in [0.29, 0.717) is 0 Å². The Hall–Kier alpha value is -2.09. The van der Waals surface area contributed by atoms with Crippen molar-refractivity contribution >= 4 is 6.21 Å². The maximum absolute atomic E-state index is 8.33. The molecule has 0 aliphatic heterocycles. The molecule has 0 aliphatic carbocycles. The summed E-state index contributed by atoms with van der Waals surface area (Å²) in [4.78, 5) is 4.02. The standard InChI is InChI=1S/C14H17NO/c1-3-14(2)10-9-12-15-11-7-5-4-6-8-13-16/h3-13,16H,1H2,2H3/b6-4-,7-5+,12-9+,13-8+,14-10-,15-11+. The van der Waals surface area contributed by atoms with Crippen LogP contribution in [0.5, 0.6) is 0 Å². The van der Waals surface area contributed by atoms with Crippen molar-refractivity contribution in [2.45, 2.75) is 6.92 Å². The quantitative estimate of drug-likeness (QED) is 0.407. The zero-order chi connectivity index (χ0) is 12.1. The zero-order valence-electron chi connectivity index (χ0n) is 9.45. The third-order valence-electron chi connectivity index (χ3n) is 1.56. The number of allylic oxidation sites excluding steroid dienone is 9. The summed E-state index contributed by atoms with van der Waals surface area (Å²) in [6.07, 6.45) is 18.6. The highest BCUT2D eigenvalue weighted by Crippen LogP contribution is 1.92. The SMILES string of the molecule is C=C\C(C)=C/C=C/N=C/C=C/C=C\C=C\O. The van der Waals surface area contributed by atoms with Crippen LogP contribution in [0.15, 0.2) is 78.2 Å². The maximum atomic E-state index is 8.33. The summed E-state index contributed by atoms with van der Waals surface area (Å²) in [6, 6.07) is 0. The number of aliphatic hydroxyl groups is 1. The topological polar surface area (TPSA) is 32.6 Å². The molecule has 84 valence electrons. The van der Waals surface area contributed by atoms with Crippen LogP contribution in [0.1, 0.15) is 6.92 Å². The molecule has 0 aromatic heterocycles. The van der Waals surface area contributed by atoms with Crippen molar-refractivity contribution in [1.29, 1.82) is 0 Å². The lowest BCUT2D eigenvalue weighted by molar-refractivity contribution is 0.474. The summed E-state index contributed by atoms with van der Waals surface area (Å²) in [5, 5.41) is 8.33. The third-order valence-corrected chi connectivity index (χ3v) is 1.56. The molecule has 0 bridgehead atoms. The molecule has 0 fully saturated rings. The first kappa shape index (κ1) is 13.9. The molecule has 0 rings (SSSR count). The Balaban J connectivity index is 3.90. The van der Waals surface area contributed by atoms with Gasteiger partial charge in [0.15, 0.2) is 0 Å². The lowest BCUT2D eigenvalue weighted by Gasteiger charge is -1.82. The predicted octanol–water partition coefficient (Wildman–Crippen LogP) is 3.89. The van der Waals surface area contributed by atoms with Gasteiger partial charge >= 0.3 is 0 Å². The number of aliphatic hydroxyl groups excluding tert-OH is 1. The van der Waals surface area contributed by atoms with E-state index in [4.69, 9.17) is 5.11 Å². The summed E-state index contributed by atoms with van der Waals surface area (Å²) in [6.45, 7) is 5.61. The van der Waals surface area contributed by atoms with Crippen molar-refractivity contribution in [3.8, 4) is 0 Å². The molecule has 0 saturated heterocycles. The van der Waals surface area contributed by atoms with Crippen LogP contribution < -0.4 is 0 Å². The Bertz CT molecular complexity index is 355. The predicted molar refractivity (Wildman–Crippen MR) is 71.6 cm³/mol. The fraction of sp³-hybridized carbons (Fsp3) is 0.0714. The van der Waals surface area contributed by atoms with E-state index in [0.717, 1.165) is 11.8 Å². The van der Waals surface area contributed by atoms with Gasteiger partial charge in [0.05, 0.1) is 6.26 Å². The molecular weight excluding hydrogens is 198 g/mol. The molecule has 0 atom stereocenters. The second-order valence-electron chi connectivity index (χ2n) is 2.87. The third kappa shape index (κ3) is 9.99. The maximum Gasteiger partial charge on any atom is 0.0791 e. The average Bonchev–Trinajstić information content (AvgIpc) is 2.31. The van der Waals surface area contributed by atoms with E-state index in [1.807, 2.05) is 25.2 Å². The van der Waals surface area contributed by atoms with Gasteiger partial charge in [-0.25, -0.2) is 0 Å². The van der Waals surface area contributed by atoms with Gasteiger partial charge in [-0.05, 0) is 25.2 Å². The van der Waals surface area contributed by atoms with E-state index in [2.05, 4.69) is 11.6 Å². The number of nitrogens with zero attached hydrogens (tertiary/aromatic N) is 1. The van der Waals surface area contributed by atoms with Gasteiger partial charge in [-0.2, -0.15) is 0 Å². The molecule has 0 aliphatic rings. The number of rotatable bonds is 6. The second kappa shape index (κ2) is 11.0. The molecule has 0 spiro atoms. The Morgan fingerprint density at radius 1 is 1.06 bits per heavy atom. The van der Waals surface area contributed by atoms with Crippen molar-refractivity contribution in [3.63, 3.8) is 0 Å². The van der Waals surface area contributed by atoms with Crippen molar-refractivity contribution in [2.75, 3.05) is 0 Å². The molecule has 1 N–H and O–H groups in total. The fourth-order valence-corrected chi connectivity index (χ4v) is 0.704. The van der Waals surface area contributed by atoms with Crippen LogP contribution in [-0.2, 0) is 0 Å². The van der Waals surface area contributed by atoms with Crippen LogP contribution in [0.4, 0.5) is 0 Å². The van der Waals surface area contributed by atoms with Gasteiger partial charge in [-0.15, -0.1) is 0 Å². The summed E-state index contributed by atoms with van der Waals surface area (Å²) in [7, 11) is 0. The normalized spacial score (nSPS) is 14.2. The van der Waals surface area contributed by atoms with Crippen LogP contribution in [-0.4, -0.2) is 11.3 Å². The molecular formula is C14H17NO. The van der Waals surface area contributed by atoms with Gasteiger partial charge in [-0.1, -0.05) is 42.5 Å². The molecule has 0 amide bonds. The van der Waals surface area contributed by atoms with Crippen LogP contribution in [0.2, 0.25) is 0 Å². The van der Waals surface area contributed by atoms with E-state index in [1.165, 1.54) is 6.08 Å². The molecule has 0 aromatic carbocycles. The number of hydrogen-bond acceptors (Lipinski definition) is 2. The first-order chi connectivity index (χ1) is 7.81. The Kier molecular flexibility index (Phi) is 9.55. The Morgan fingerprint density at radius 3 is 2.44 bits per heavy atom. The molecule has 0 aromatic rings. The van der Waals surface area contributed by atoms with Crippen molar-refractivity contribution in [3.05, 3.63) is 73.2 Å². The van der Waals surface area contributed by atoms with Gasteiger partial charge in [0.2, 0.25) is 0 Å². The minimum Gasteiger partial charge on any atom is -0.516 e. The van der Waals surface area contributed by atoms with Gasteiger partial charge in [0.1, 0.15) is 0 Å². The molecule has 0 radical (unpaired) electrons. The summed E-state index contributed by atoms with van der Waals surface area (Å²) in [5.74, 6) is 0. The molecule has 16 heavy (non-hydrogen) atoms. The molecule has 0 unspecified atom stereocenters. The van der Waals surface area contributed by atoms with E-state index in [1.54, 1.807) is 36.7 Å². The average molecular weight is 215 g/mol. The first-order valence-corrected chi connectivity index (χ1v) is 4.93. The minimum absolute atomic E-state index is 0.982. The lowest BCUT2D eigenvalue weighted by Crippen LogP contribution is -1.63. The Labute approximate surface area is 97.0 Å². The highest BCUT2D eigenvalue weighted by molar-refractivity contribution is 5.72. The fourth-order valence-electron chi connectivity index (χ4n) is 0.704. The largest absolute Gasteiger partial charge is 0.516 e. The zero-order valence-corrected chi connectivity index (χ0v) is 9.45. The van der Waals surface area contributed by atoms with Gasteiger partial charge < -0.3 is 5.11 Å². The van der Waals surface area contributed by atoms with Crippen LogP contribution >= 0.6 is 0 Å². The Morgan fingerprint density at radius 2 is 1.75 bits per heavy atom. The summed E-state index contributed by atoms with van der Waals surface area (Å²) >= 11 is 0. The molecule has 0 saturated carbocycles. The summed E-state index contributed by atoms with van der Waals surface area (Å²) in [5.41, 5.74) is 1.10. The van der Waals surface area contributed by atoms with E-state index < -0.39 is 0 Å². The van der Waals surface area contributed by atoms with Gasteiger partial charge in [-0.3, -0.25) is 4.99 Å². The van der Waals surface area contributed by atoms with Crippen molar-refractivity contribution < 1.29 is 5.11 Å². The molecule has 2 nitrogen and oxygen atoms in total. The van der Waals surface area contributed by atoms with Crippen LogP contribution in [0, 0.1) is 0 Å². The number of hydrogen-bond donors (Lipinski definition) is 1. The highest BCUT2D eigenvalue weighted by atomic mass is 16.2. The minimum atomic E-state index is 0.982. The lowest BCUT2D eigenvalue weighted by atomic mass is 10.3. The highest BCUT2D eigenvalue weighted by Gasteiger charge is 1.72. The van der Waals surface area contributed by atoms with Crippen LogP contribution in [0.25, 0.3) is 0 Å².